The number of halogens is 2. The van der Waals surface area contributed by atoms with E-state index in [0.29, 0.717) is 0 Å². The molecule has 0 aromatic heterocycles. The molecule has 0 aliphatic carbocycles. The van der Waals surface area contributed by atoms with Crippen molar-refractivity contribution >= 4 is 58.4 Å². The van der Waals surface area contributed by atoms with Crippen LogP contribution >= 0.6 is 31.9 Å². The molecule has 0 aliphatic heterocycles. The molecular weight excluding hydrogens is 780 g/mol. The largest absolute Gasteiger partial charge is 0.0825 e. The summed E-state index contributed by atoms with van der Waals surface area (Å²) < 4.78 is 2.86. The third-order valence-corrected chi connectivity index (χ3v) is 21.6. The fraction of sp³-hybridized carbons (Fsp3) is 0.872. The van der Waals surface area contributed by atoms with Crippen LogP contribution in [0.2, 0.25) is 38.3 Å². The van der Waals surface area contributed by atoms with E-state index < -0.39 is 16.1 Å². The number of hydrogen-bond donors (Lipinski definition) is 0. The molecule has 0 N–H and O–H groups in total. The summed E-state index contributed by atoms with van der Waals surface area (Å²) >= 11 is 8.31. The average molecular weight is 871 g/mol. The van der Waals surface area contributed by atoms with E-state index in [9.17, 15) is 0 Å². The topological polar surface area (TPSA) is 0 Å². The van der Waals surface area contributed by atoms with Crippen molar-refractivity contribution < 1.29 is 0 Å². The maximum Gasteiger partial charge on any atom is 0.0825 e. The molecule has 0 nitrogen and oxygen atoms in total. The first-order chi connectivity index (χ1) is 24.6. The maximum atomic E-state index is 4.17. The Bertz CT molecular complexity index is 956. The van der Waals surface area contributed by atoms with Gasteiger partial charge in [-0.1, -0.05) is 289 Å². The van der Waals surface area contributed by atoms with Gasteiger partial charge in [-0.3, -0.25) is 0 Å². The SMILES string of the molecule is CCCCCCCCCCCCCCCCCC[Si](C)(C)c1cc(Br)c([Si](C)(C)CCCCCCCCCCCCCCCCCC)c(C)c1Br. The zero-order valence-corrected chi connectivity index (χ0v) is 41.0. The number of rotatable bonds is 36. The lowest BCUT2D eigenvalue weighted by Gasteiger charge is -2.31. The van der Waals surface area contributed by atoms with Crippen LogP contribution in [0, 0.1) is 6.92 Å². The normalized spacial score (nSPS) is 12.3. The van der Waals surface area contributed by atoms with E-state index in [4.69, 9.17) is 0 Å². The van der Waals surface area contributed by atoms with Gasteiger partial charge in [0.1, 0.15) is 0 Å². The van der Waals surface area contributed by atoms with E-state index in [-0.39, 0.29) is 0 Å². The van der Waals surface area contributed by atoms with Crippen molar-refractivity contribution in [3.63, 3.8) is 0 Å². The van der Waals surface area contributed by atoms with Crippen LogP contribution in [0.25, 0.3) is 0 Å². The molecule has 0 spiro atoms. The highest BCUT2D eigenvalue weighted by molar-refractivity contribution is 9.11. The third kappa shape index (κ3) is 24.0. The molecule has 0 amide bonds. The first-order valence-corrected chi connectivity index (χ1v) is 31.1. The molecule has 0 saturated heterocycles. The van der Waals surface area contributed by atoms with Gasteiger partial charge >= 0.3 is 0 Å². The predicted octanol–water partition coefficient (Wildman–Crippen LogP) is 17.9. The van der Waals surface area contributed by atoms with Gasteiger partial charge in [0.25, 0.3) is 0 Å². The van der Waals surface area contributed by atoms with Crippen molar-refractivity contribution in [1.29, 1.82) is 0 Å². The van der Waals surface area contributed by atoms with Crippen LogP contribution in [0.5, 0.6) is 0 Å². The highest BCUT2D eigenvalue weighted by Gasteiger charge is 2.32. The minimum Gasteiger partial charge on any atom is -0.0654 e. The van der Waals surface area contributed by atoms with Crippen LogP contribution < -0.4 is 10.4 Å². The summed E-state index contributed by atoms with van der Waals surface area (Å²) in [5.41, 5.74) is 1.54. The van der Waals surface area contributed by atoms with Crippen molar-refractivity contribution in [2.45, 2.75) is 265 Å². The Morgan fingerprint density at radius 3 is 0.941 bits per heavy atom. The average Bonchev–Trinajstić information content (AvgIpc) is 3.09. The van der Waals surface area contributed by atoms with Gasteiger partial charge in [-0.2, -0.15) is 0 Å². The molecule has 0 aliphatic rings. The molecule has 0 atom stereocenters. The molecule has 300 valence electrons. The monoisotopic (exact) mass is 868 g/mol. The molecule has 0 heterocycles. The first kappa shape index (κ1) is 49.6. The maximum absolute atomic E-state index is 4.17. The van der Waals surface area contributed by atoms with Crippen molar-refractivity contribution in [3.8, 4) is 0 Å². The summed E-state index contributed by atoms with van der Waals surface area (Å²) in [5, 5.41) is 3.31. The molecular formula is C47H90Br2Si2. The lowest BCUT2D eigenvalue weighted by Crippen LogP contribution is -2.48. The molecule has 1 rings (SSSR count). The Balaban J connectivity index is 2.26. The second kappa shape index (κ2) is 31.8. The number of hydrogen-bond acceptors (Lipinski definition) is 0. The Kier molecular flexibility index (Phi) is 30.9. The van der Waals surface area contributed by atoms with Crippen LogP contribution in [0.1, 0.15) is 225 Å². The van der Waals surface area contributed by atoms with Crippen LogP contribution in [0.15, 0.2) is 15.0 Å². The quantitative estimate of drug-likeness (QED) is 0.0466. The summed E-state index contributed by atoms with van der Waals surface area (Å²) in [7, 11) is -3.02. The van der Waals surface area contributed by atoms with Gasteiger partial charge in [0.05, 0.1) is 16.1 Å². The molecule has 0 bridgehead atoms. The van der Waals surface area contributed by atoms with E-state index in [0.717, 1.165) is 0 Å². The van der Waals surface area contributed by atoms with E-state index in [1.54, 1.807) is 15.9 Å². The fourth-order valence-corrected chi connectivity index (χ4v) is 19.0. The molecule has 0 radical (unpaired) electrons. The van der Waals surface area contributed by atoms with Crippen molar-refractivity contribution in [2.75, 3.05) is 0 Å². The zero-order valence-electron chi connectivity index (χ0n) is 35.9. The van der Waals surface area contributed by atoms with Crippen LogP contribution in [-0.4, -0.2) is 16.1 Å². The lowest BCUT2D eigenvalue weighted by molar-refractivity contribution is 0.531. The van der Waals surface area contributed by atoms with Crippen molar-refractivity contribution in [2.24, 2.45) is 0 Å². The fourth-order valence-electron chi connectivity index (χ4n) is 8.57. The Morgan fingerprint density at radius 1 is 0.392 bits per heavy atom. The summed E-state index contributed by atoms with van der Waals surface area (Å²) in [4.78, 5) is 0. The van der Waals surface area contributed by atoms with Crippen LogP contribution in [0.3, 0.4) is 0 Å². The molecule has 0 fully saturated rings. The minimum atomic E-state index is -1.52. The van der Waals surface area contributed by atoms with E-state index in [1.807, 2.05) is 0 Å². The molecule has 51 heavy (non-hydrogen) atoms. The van der Waals surface area contributed by atoms with Gasteiger partial charge in [0.15, 0.2) is 0 Å². The standard InChI is InChI=1S/C47H90Br2Si2/c1-8-10-12-14-16-18-20-22-24-26-28-30-32-34-36-38-40-50(4,5)45-42-44(48)47(43(3)46(45)49)51(6,7)41-39-37-35-33-31-29-27-25-23-21-19-17-15-13-11-9-2/h42H,8-41H2,1-7H3. The Labute approximate surface area is 341 Å². The third-order valence-electron chi connectivity index (χ3n) is 12.2. The summed E-state index contributed by atoms with van der Waals surface area (Å²) in [6, 6.07) is 5.39. The predicted molar refractivity (Wildman–Crippen MR) is 250 cm³/mol. The van der Waals surface area contributed by atoms with Gasteiger partial charge in [-0.25, -0.2) is 0 Å². The molecule has 4 heteroatoms. The highest BCUT2D eigenvalue weighted by atomic mass is 79.9. The smallest absolute Gasteiger partial charge is 0.0654 e. The van der Waals surface area contributed by atoms with Gasteiger partial charge in [-0.15, -0.1) is 0 Å². The van der Waals surface area contributed by atoms with Crippen molar-refractivity contribution in [1.82, 2.24) is 0 Å². The van der Waals surface area contributed by atoms with E-state index in [2.05, 4.69) is 84.9 Å². The highest BCUT2D eigenvalue weighted by Crippen LogP contribution is 2.29. The van der Waals surface area contributed by atoms with Crippen LogP contribution in [0.4, 0.5) is 0 Å². The molecule has 1 aromatic rings. The van der Waals surface area contributed by atoms with Gasteiger partial charge in [0.2, 0.25) is 0 Å². The van der Waals surface area contributed by atoms with Gasteiger partial charge < -0.3 is 0 Å². The Hall–Kier alpha value is 0.614. The lowest BCUT2D eigenvalue weighted by atomic mass is 10.0. The second-order valence-electron chi connectivity index (χ2n) is 18.1. The van der Waals surface area contributed by atoms with Crippen LogP contribution in [-0.2, 0) is 0 Å². The zero-order chi connectivity index (χ0) is 37.6. The van der Waals surface area contributed by atoms with Crippen molar-refractivity contribution in [3.05, 3.63) is 20.6 Å². The number of unbranched alkanes of at least 4 members (excludes halogenated alkanes) is 30. The molecule has 0 unspecified atom stereocenters. The minimum absolute atomic E-state index is 1.36. The van der Waals surface area contributed by atoms with E-state index >= 15 is 0 Å². The summed E-state index contributed by atoms with van der Waals surface area (Å²) in [6.07, 6.45) is 46.3. The van der Waals surface area contributed by atoms with Gasteiger partial charge in [0, 0.05) is 8.95 Å². The Morgan fingerprint density at radius 2 is 0.647 bits per heavy atom. The second-order valence-corrected chi connectivity index (χ2v) is 29.3. The van der Waals surface area contributed by atoms with Gasteiger partial charge in [-0.05, 0) is 28.9 Å². The molecule has 1 aromatic carbocycles. The molecule has 0 saturated carbocycles. The summed E-state index contributed by atoms with van der Waals surface area (Å²) in [5.74, 6) is 0. The number of benzene rings is 1. The summed E-state index contributed by atoms with van der Waals surface area (Å²) in [6.45, 7) is 17.5. The van der Waals surface area contributed by atoms with E-state index in [1.165, 1.54) is 226 Å². The first-order valence-electron chi connectivity index (χ1n) is 23.1.